The van der Waals surface area contributed by atoms with E-state index >= 15 is 0 Å². The molecule has 2 atom stereocenters. The molecule has 1 amide bonds. The zero-order valence-corrected chi connectivity index (χ0v) is 15.3. The number of morpholine rings is 1. The van der Waals surface area contributed by atoms with Gasteiger partial charge in [-0.2, -0.15) is 8.78 Å². The van der Waals surface area contributed by atoms with Crippen molar-refractivity contribution in [2.24, 2.45) is 5.92 Å². The Morgan fingerprint density at radius 2 is 1.68 bits per heavy atom. The molecule has 0 spiro atoms. The number of nitrogens with zero attached hydrogens (tertiary/aromatic N) is 1. The van der Waals surface area contributed by atoms with Crippen LogP contribution in [0.3, 0.4) is 0 Å². The van der Waals surface area contributed by atoms with Gasteiger partial charge in [-0.3, -0.25) is 9.69 Å². The lowest BCUT2D eigenvalue weighted by Gasteiger charge is -2.47. The van der Waals surface area contributed by atoms with Crippen LogP contribution in [0.1, 0.15) is 31.2 Å². The number of piperidine rings is 1. The highest BCUT2D eigenvalue weighted by Gasteiger charge is 2.44. The van der Waals surface area contributed by atoms with Crippen LogP contribution in [-0.4, -0.2) is 42.1 Å². The molecule has 2 bridgehead atoms. The minimum absolute atomic E-state index is 0.152. The average Bonchev–Trinajstić information content (AvgIpc) is 2.69. The monoisotopic (exact) mass is 397 g/mol. The Labute approximate surface area is 161 Å². The smallest absolute Gasteiger partial charge is 0.410 e. The molecule has 0 aliphatic carbocycles. The summed E-state index contributed by atoms with van der Waals surface area (Å²) in [6.45, 7) is 0.724. The summed E-state index contributed by atoms with van der Waals surface area (Å²) in [7, 11) is 0. The van der Waals surface area contributed by atoms with Crippen LogP contribution in [0.4, 0.5) is 18.0 Å². The van der Waals surface area contributed by atoms with Crippen LogP contribution in [0.2, 0.25) is 0 Å². The molecule has 0 aromatic heterocycles. The van der Waals surface area contributed by atoms with Gasteiger partial charge in [0.05, 0.1) is 25.3 Å². The van der Waals surface area contributed by atoms with Gasteiger partial charge in [0, 0.05) is 18.8 Å². The van der Waals surface area contributed by atoms with Crippen LogP contribution in [-0.2, 0) is 20.9 Å². The van der Waals surface area contributed by atoms with Crippen molar-refractivity contribution in [3.63, 3.8) is 0 Å². The van der Waals surface area contributed by atoms with E-state index in [1.54, 1.807) is 4.90 Å². The standard InChI is InChI=1S/C20H22F3NO4/c21-17(19(22)23)6-7-18(25)14-8-15-11-27-12-16(9-14)24(15)20(26)28-10-13-4-2-1-3-5-13/h1-5,14-16H,6-12H2. The Hall–Kier alpha value is -2.35. The Morgan fingerprint density at radius 1 is 1.04 bits per heavy atom. The number of rotatable bonds is 6. The lowest BCUT2D eigenvalue weighted by molar-refractivity contribution is -0.131. The number of halogens is 3. The molecule has 3 rings (SSSR count). The number of hydrogen-bond donors (Lipinski definition) is 0. The van der Waals surface area contributed by atoms with E-state index in [1.165, 1.54) is 0 Å². The number of ether oxygens (including phenoxy) is 2. The van der Waals surface area contributed by atoms with Crippen molar-refractivity contribution in [2.45, 2.75) is 44.4 Å². The molecule has 1 aromatic carbocycles. The van der Waals surface area contributed by atoms with E-state index in [0.29, 0.717) is 12.8 Å². The molecule has 28 heavy (non-hydrogen) atoms. The molecule has 2 unspecified atom stereocenters. The number of Topliss-reactive ketones (excluding diaryl/α,β-unsaturated/α-hetero) is 1. The SMILES string of the molecule is O=C(CCC(F)=C(F)F)C1CC2COCC(C1)N2C(=O)OCc1ccccc1. The molecule has 0 radical (unpaired) electrons. The third-order valence-electron chi connectivity index (χ3n) is 5.19. The molecule has 5 nitrogen and oxygen atoms in total. The Bertz CT molecular complexity index is 722. The lowest BCUT2D eigenvalue weighted by Crippen LogP contribution is -2.59. The molecule has 152 valence electrons. The molecule has 2 aliphatic heterocycles. The number of fused-ring (bicyclic) bond motifs is 2. The van der Waals surface area contributed by atoms with Gasteiger partial charge in [0.1, 0.15) is 12.4 Å². The van der Waals surface area contributed by atoms with Gasteiger partial charge in [0.25, 0.3) is 0 Å². The van der Waals surface area contributed by atoms with E-state index in [0.717, 1.165) is 5.56 Å². The number of allylic oxidation sites excluding steroid dienone is 1. The molecule has 2 fully saturated rings. The summed E-state index contributed by atoms with van der Waals surface area (Å²) in [4.78, 5) is 26.5. The maximum atomic E-state index is 13.0. The summed E-state index contributed by atoms with van der Waals surface area (Å²) >= 11 is 0. The summed E-state index contributed by atoms with van der Waals surface area (Å²) in [6, 6.07) is 8.67. The third kappa shape index (κ3) is 4.92. The van der Waals surface area contributed by atoms with Gasteiger partial charge >= 0.3 is 12.2 Å². The van der Waals surface area contributed by atoms with E-state index in [-0.39, 0.29) is 44.1 Å². The van der Waals surface area contributed by atoms with Gasteiger partial charge in [-0.25, -0.2) is 9.18 Å². The molecule has 1 aromatic rings. The second-order valence-corrected chi connectivity index (χ2v) is 7.09. The number of ketones is 1. The van der Waals surface area contributed by atoms with Crippen molar-refractivity contribution in [1.82, 2.24) is 4.90 Å². The van der Waals surface area contributed by atoms with Crippen molar-refractivity contribution in [3.8, 4) is 0 Å². The first kappa shape index (κ1) is 20.4. The minimum atomic E-state index is -2.38. The van der Waals surface area contributed by atoms with Crippen molar-refractivity contribution < 1.29 is 32.2 Å². The first-order chi connectivity index (χ1) is 13.5. The maximum absolute atomic E-state index is 13.0. The van der Waals surface area contributed by atoms with Gasteiger partial charge in [-0.05, 0) is 18.4 Å². The fourth-order valence-electron chi connectivity index (χ4n) is 3.80. The molecular formula is C20H22F3NO4. The van der Waals surface area contributed by atoms with Crippen molar-refractivity contribution in [3.05, 3.63) is 47.8 Å². The predicted molar refractivity (Wildman–Crippen MR) is 94.2 cm³/mol. The van der Waals surface area contributed by atoms with Crippen LogP contribution in [0.5, 0.6) is 0 Å². The molecule has 0 N–H and O–H groups in total. The quantitative estimate of drug-likeness (QED) is 0.721. The van der Waals surface area contributed by atoms with Gasteiger partial charge in [-0.15, -0.1) is 0 Å². The summed E-state index contributed by atoms with van der Waals surface area (Å²) < 4.78 is 48.2. The molecule has 2 saturated heterocycles. The lowest BCUT2D eigenvalue weighted by atomic mass is 9.81. The Morgan fingerprint density at radius 3 is 2.29 bits per heavy atom. The summed E-state index contributed by atoms with van der Waals surface area (Å²) in [6.07, 6.45) is -2.98. The van der Waals surface area contributed by atoms with Gasteiger partial charge < -0.3 is 9.47 Å². The minimum Gasteiger partial charge on any atom is -0.445 e. The predicted octanol–water partition coefficient (Wildman–Crippen LogP) is 4.23. The van der Waals surface area contributed by atoms with E-state index in [4.69, 9.17) is 9.47 Å². The second kappa shape index (κ2) is 9.23. The van der Waals surface area contributed by atoms with Crippen LogP contribution < -0.4 is 0 Å². The number of benzene rings is 1. The molecule has 8 heteroatoms. The highest BCUT2D eigenvalue weighted by Crippen LogP contribution is 2.34. The van der Waals surface area contributed by atoms with E-state index in [9.17, 15) is 22.8 Å². The van der Waals surface area contributed by atoms with E-state index in [2.05, 4.69) is 0 Å². The van der Waals surface area contributed by atoms with Crippen LogP contribution in [0.15, 0.2) is 42.2 Å². The van der Waals surface area contributed by atoms with Crippen LogP contribution in [0.25, 0.3) is 0 Å². The molecule has 2 aliphatic rings. The van der Waals surface area contributed by atoms with Gasteiger partial charge in [0.15, 0.2) is 5.83 Å². The van der Waals surface area contributed by atoms with Crippen LogP contribution >= 0.6 is 0 Å². The first-order valence-corrected chi connectivity index (χ1v) is 9.24. The second-order valence-electron chi connectivity index (χ2n) is 7.09. The van der Waals surface area contributed by atoms with E-state index in [1.807, 2.05) is 30.3 Å². The first-order valence-electron chi connectivity index (χ1n) is 9.24. The fourth-order valence-corrected chi connectivity index (χ4v) is 3.80. The fraction of sp³-hybridized carbons (Fsp3) is 0.500. The topological polar surface area (TPSA) is 55.8 Å². The largest absolute Gasteiger partial charge is 0.445 e. The van der Waals surface area contributed by atoms with Crippen molar-refractivity contribution in [2.75, 3.05) is 13.2 Å². The summed E-state index contributed by atoms with van der Waals surface area (Å²) in [5.41, 5.74) is 0.873. The van der Waals surface area contributed by atoms with Gasteiger partial charge in [0.2, 0.25) is 0 Å². The number of carbonyl (C=O) groups is 2. The van der Waals surface area contributed by atoms with Crippen molar-refractivity contribution in [1.29, 1.82) is 0 Å². The summed E-state index contributed by atoms with van der Waals surface area (Å²) in [5.74, 6) is -2.20. The normalized spacial score (nSPS) is 23.8. The summed E-state index contributed by atoms with van der Waals surface area (Å²) in [5, 5.41) is 0. The van der Waals surface area contributed by atoms with Crippen molar-refractivity contribution >= 4 is 11.9 Å². The zero-order valence-electron chi connectivity index (χ0n) is 15.3. The number of carbonyl (C=O) groups excluding carboxylic acids is 2. The number of hydrogen-bond acceptors (Lipinski definition) is 4. The maximum Gasteiger partial charge on any atom is 0.410 e. The highest BCUT2D eigenvalue weighted by atomic mass is 19.3. The molecule has 2 heterocycles. The highest BCUT2D eigenvalue weighted by molar-refractivity contribution is 5.82. The Kier molecular flexibility index (Phi) is 6.72. The molecule has 0 saturated carbocycles. The van der Waals surface area contributed by atoms with Gasteiger partial charge in [-0.1, -0.05) is 30.3 Å². The Balaban J connectivity index is 1.57. The number of amides is 1. The van der Waals surface area contributed by atoms with E-state index < -0.39 is 30.3 Å². The average molecular weight is 397 g/mol. The zero-order chi connectivity index (χ0) is 20.1. The third-order valence-corrected chi connectivity index (χ3v) is 5.19. The van der Waals surface area contributed by atoms with Crippen LogP contribution in [0, 0.1) is 5.92 Å². The molecular weight excluding hydrogens is 375 g/mol.